The van der Waals surface area contributed by atoms with Crippen LogP contribution in [-0.2, 0) is 0 Å². The first kappa shape index (κ1) is 13.6. The van der Waals surface area contributed by atoms with E-state index in [1.54, 1.807) is 42.4 Å². The van der Waals surface area contributed by atoms with Gasteiger partial charge in [-0.2, -0.15) is 0 Å². The van der Waals surface area contributed by atoms with Crippen molar-refractivity contribution in [3.63, 3.8) is 0 Å². The first-order valence-corrected chi connectivity index (χ1v) is 7.65. The van der Waals surface area contributed by atoms with Crippen molar-refractivity contribution >= 4 is 34.4 Å². The normalized spacial score (nSPS) is 10.5. The largest absolute Gasteiger partial charge is 0.322 e. The second-order valence-corrected chi connectivity index (χ2v) is 5.33. The SMILES string of the molecule is CSc1cccc(NC(=O)c2ccc3nccnc3c2)c1. The quantitative estimate of drug-likeness (QED) is 0.750. The molecular weight excluding hydrogens is 282 g/mol. The first-order chi connectivity index (χ1) is 10.3. The van der Waals surface area contributed by atoms with E-state index in [1.807, 2.05) is 30.5 Å². The van der Waals surface area contributed by atoms with Crippen LogP contribution in [0.1, 0.15) is 10.4 Å². The zero-order valence-corrected chi connectivity index (χ0v) is 12.2. The maximum Gasteiger partial charge on any atom is 0.255 e. The summed E-state index contributed by atoms with van der Waals surface area (Å²) in [7, 11) is 0. The lowest BCUT2D eigenvalue weighted by Gasteiger charge is -2.07. The van der Waals surface area contributed by atoms with Gasteiger partial charge < -0.3 is 5.32 Å². The standard InChI is InChI=1S/C16H13N3OS/c1-21-13-4-2-3-12(10-13)19-16(20)11-5-6-14-15(9-11)18-8-7-17-14/h2-10H,1H3,(H,19,20). The molecule has 0 saturated carbocycles. The van der Waals surface area contributed by atoms with Crippen LogP contribution in [0.15, 0.2) is 59.8 Å². The van der Waals surface area contributed by atoms with E-state index in [2.05, 4.69) is 15.3 Å². The van der Waals surface area contributed by atoms with Gasteiger partial charge in [0, 0.05) is 28.5 Å². The molecule has 4 nitrogen and oxygen atoms in total. The summed E-state index contributed by atoms with van der Waals surface area (Å²) in [6.07, 6.45) is 5.25. The van der Waals surface area contributed by atoms with Crippen LogP contribution in [0.3, 0.4) is 0 Å². The lowest BCUT2D eigenvalue weighted by Crippen LogP contribution is -2.11. The summed E-state index contributed by atoms with van der Waals surface area (Å²) in [5.74, 6) is -0.152. The van der Waals surface area contributed by atoms with Crippen LogP contribution in [0, 0.1) is 0 Å². The molecule has 104 valence electrons. The van der Waals surface area contributed by atoms with Crippen LogP contribution in [0.25, 0.3) is 11.0 Å². The number of nitrogens with zero attached hydrogens (tertiary/aromatic N) is 2. The average Bonchev–Trinajstić information content (AvgIpc) is 2.54. The average molecular weight is 295 g/mol. The number of aromatic nitrogens is 2. The van der Waals surface area contributed by atoms with E-state index in [1.165, 1.54) is 0 Å². The van der Waals surface area contributed by atoms with Gasteiger partial charge in [-0.1, -0.05) is 6.07 Å². The van der Waals surface area contributed by atoms with Crippen LogP contribution in [0.5, 0.6) is 0 Å². The van der Waals surface area contributed by atoms with Gasteiger partial charge >= 0.3 is 0 Å². The molecule has 0 radical (unpaired) electrons. The third kappa shape index (κ3) is 3.03. The van der Waals surface area contributed by atoms with Crippen molar-refractivity contribution in [1.82, 2.24) is 9.97 Å². The predicted molar refractivity (Wildman–Crippen MR) is 85.7 cm³/mol. The highest BCUT2D eigenvalue weighted by Crippen LogP contribution is 2.20. The molecule has 0 aliphatic carbocycles. The molecule has 3 aromatic rings. The Morgan fingerprint density at radius 3 is 2.67 bits per heavy atom. The van der Waals surface area contributed by atoms with Gasteiger partial charge in [-0.05, 0) is 42.7 Å². The number of thioether (sulfide) groups is 1. The number of anilines is 1. The Hall–Kier alpha value is -2.40. The highest BCUT2D eigenvalue weighted by molar-refractivity contribution is 7.98. The number of carbonyl (C=O) groups is 1. The van der Waals surface area contributed by atoms with Crippen molar-refractivity contribution in [2.75, 3.05) is 11.6 Å². The summed E-state index contributed by atoms with van der Waals surface area (Å²) in [6, 6.07) is 13.1. The van der Waals surface area contributed by atoms with Crippen molar-refractivity contribution in [2.24, 2.45) is 0 Å². The van der Waals surface area contributed by atoms with Crippen molar-refractivity contribution in [1.29, 1.82) is 0 Å². The van der Waals surface area contributed by atoms with Crippen molar-refractivity contribution in [2.45, 2.75) is 4.90 Å². The van der Waals surface area contributed by atoms with E-state index in [9.17, 15) is 4.79 Å². The fourth-order valence-corrected chi connectivity index (χ4v) is 2.47. The molecule has 0 aliphatic rings. The number of nitrogens with one attached hydrogen (secondary N) is 1. The number of fused-ring (bicyclic) bond motifs is 1. The minimum absolute atomic E-state index is 0.152. The zero-order valence-electron chi connectivity index (χ0n) is 11.4. The summed E-state index contributed by atoms with van der Waals surface area (Å²) in [5, 5.41) is 2.90. The smallest absolute Gasteiger partial charge is 0.255 e. The Kier molecular flexibility index (Phi) is 3.83. The van der Waals surface area contributed by atoms with Crippen LogP contribution < -0.4 is 5.32 Å². The van der Waals surface area contributed by atoms with Crippen LogP contribution in [-0.4, -0.2) is 22.1 Å². The summed E-state index contributed by atoms with van der Waals surface area (Å²) in [4.78, 5) is 21.8. The van der Waals surface area contributed by atoms with Gasteiger partial charge in [-0.15, -0.1) is 11.8 Å². The van der Waals surface area contributed by atoms with Crippen LogP contribution >= 0.6 is 11.8 Å². The zero-order chi connectivity index (χ0) is 14.7. The molecule has 1 amide bonds. The molecule has 21 heavy (non-hydrogen) atoms. The highest BCUT2D eigenvalue weighted by Gasteiger charge is 2.08. The first-order valence-electron chi connectivity index (χ1n) is 6.42. The second kappa shape index (κ2) is 5.93. The molecule has 2 aromatic carbocycles. The lowest BCUT2D eigenvalue weighted by molar-refractivity contribution is 0.102. The number of benzene rings is 2. The molecule has 0 fully saturated rings. The lowest BCUT2D eigenvalue weighted by atomic mass is 10.1. The Morgan fingerprint density at radius 2 is 1.86 bits per heavy atom. The topological polar surface area (TPSA) is 54.9 Å². The van der Waals surface area contributed by atoms with Crippen LogP contribution in [0.4, 0.5) is 5.69 Å². The van der Waals surface area contributed by atoms with Gasteiger partial charge in [-0.3, -0.25) is 14.8 Å². The Balaban J connectivity index is 1.86. The molecule has 0 bridgehead atoms. The maximum absolute atomic E-state index is 12.3. The molecule has 3 rings (SSSR count). The molecule has 5 heteroatoms. The minimum Gasteiger partial charge on any atom is -0.322 e. The minimum atomic E-state index is -0.152. The van der Waals surface area contributed by atoms with E-state index < -0.39 is 0 Å². The molecular formula is C16H13N3OS. The van der Waals surface area contributed by atoms with E-state index in [0.717, 1.165) is 16.1 Å². The molecule has 0 spiro atoms. The number of hydrogen-bond donors (Lipinski definition) is 1. The predicted octanol–water partition coefficient (Wildman–Crippen LogP) is 3.60. The molecule has 0 atom stereocenters. The van der Waals surface area contributed by atoms with Crippen molar-refractivity contribution in [3.8, 4) is 0 Å². The van der Waals surface area contributed by atoms with E-state index in [0.29, 0.717) is 11.1 Å². The van der Waals surface area contributed by atoms with Gasteiger partial charge in [0.1, 0.15) is 0 Å². The second-order valence-electron chi connectivity index (χ2n) is 4.45. The molecule has 1 N–H and O–H groups in total. The number of amides is 1. The molecule has 0 unspecified atom stereocenters. The Morgan fingerprint density at radius 1 is 1.05 bits per heavy atom. The van der Waals surface area contributed by atoms with Gasteiger partial charge in [0.2, 0.25) is 0 Å². The van der Waals surface area contributed by atoms with Gasteiger partial charge in [0.05, 0.1) is 11.0 Å². The Bertz CT molecular complexity index is 804. The summed E-state index contributed by atoms with van der Waals surface area (Å²) in [6.45, 7) is 0. The van der Waals surface area contributed by atoms with E-state index >= 15 is 0 Å². The number of rotatable bonds is 3. The van der Waals surface area contributed by atoms with Crippen molar-refractivity contribution in [3.05, 3.63) is 60.4 Å². The van der Waals surface area contributed by atoms with Gasteiger partial charge in [0.25, 0.3) is 5.91 Å². The number of hydrogen-bond acceptors (Lipinski definition) is 4. The van der Waals surface area contributed by atoms with Gasteiger partial charge in [0.15, 0.2) is 0 Å². The summed E-state index contributed by atoms with van der Waals surface area (Å²) < 4.78 is 0. The van der Waals surface area contributed by atoms with E-state index in [-0.39, 0.29) is 5.91 Å². The van der Waals surface area contributed by atoms with Gasteiger partial charge in [-0.25, -0.2) is 0 Å². The summed E-state index contributed by atoms with van der Waals surface area (Å²) >= 11 is 1.64. The summed E-state index contributed by atoms with van der Waals surface area (Å²) in [5.41, 5.74) is 2.84. The molecule has 1 heterocycles. The Labute approximate surface area is 126 Å². The van der Waals surface area contributed by atoms with E-state index in [4.69, 9.17) is 0 Å². The maximum atomic E-state index is 12.3. The molecule has 0 saturated heterocycles. The molecule has 0 aliphatic heterocycles. The fourth-order valence-electron chi connectivity index (χ4n) is 2.01. The third-order valence-corrected chi connectivity index (χ3v) is 3.78. The van der Waals surface area contributed by atoms with Crippen LogP contribution in [0.2, 0.25) is 0 Å². The monoisotopic (exact) mass is 295 g/mol. The number of carbonyl (C=O) groups excluding carboxylic acids is 1. The third-order valence-electron chi connectivity index (χ3n) is 3.06. The molecule has 1 aromatic heterocycles. The highest BCUT2D eigenvalue weighted by atomic mass is 32.2. The fraction of sp³-hybridized carbons (Fsp3) is 0.0625. The van der Waals surface area contributed by atoms with Crippen molar-refractivity contribution < 1.29 is 4.79 Å².